The average molecular weight is 424 g/mol. The van der Waals surface area contributed by atoms with E-state index < -0.39 is 0 Å². The second-order valence-electron chi connectivity index (χ2n) is 11.2. The Morgan fingerprint density at radius 3 is 1.70 bits per heavy atom. The fourth-order valence-corrected chi connectivity index (χ4v) is 5.88. The van der Waals surface area contributed by atoms with Crippen molar-refractivity contribution < 1.29 is 9.59 Å². The van der Waals surface area contributed by atoms with Crippen molar-refractivity contribution in [2.45, 2.75) is 78.2 Å². The molecule has 0 radical (unpaired) electrons. The molecule has 0 N–H and O–H groups in total. The first-order chi connectivity index (χ1) is 14.1. The molecule has 3 aliphatic carbocycles. The van der Waals surface area contributed by atoms with Crippen molar-refractivity contribution >= 4 is 23.2 Å². The Hall–Kier alpha value is -1.87. The highest BCUT2D eigenvalue weighted by atomic mass is 35.5. The summed E-state index contributed by atoms with van der Waals surface area (Å²) in [4.78, 5) is 29.5. The molecule has 1 saturated carbocycles. The molecule has 1 aliphatic heterocycles. The largest absolute Gasteiger partial charge is 0.345 e. The quantitative estimate of drug-likeness (QED) is 0.569. The number of rotatable bonds is 2. The Morgan fingerprint density at radius 1 is 0.800 bits per heavy atom. The summed E-state index contributed by atoms with van der Waals surface area (Å²) in [5, 5.41) is 0.671. The van der Waals surface area contributed by atoms with Gasteiger partial charge in [-0.3, -0.25) is 9.59 Å². The number of allylic oxidation sites excluding steroid dienone is 4. The Balaban J connectivity index is 1.76. The van der Waals surface area contributed by atoms with Crippen molar-refractivity contribution in [2.75, 3.05) is 0 Å². The van der Waals surface area contributed by atoms with Crippen LogP contribution in [0.2, 0.25) is 5.02 Å². The minimum atomic E-state index is -0.255. The molecule has 30 heavy (non-hydrogen) atoms. The highest BCUT2D eigenvalue weighted by Gasteiger charge is 2.51. The van der Waals surface area contributed by atoms with Crippen LogP contribution in [0.3, 0.4) is 0 Å². The molecule has 4 heteroatoms. The molecule has 158 valence electrons. The van der Waals surface area contributed by atoms with Crippen LogP contribution in [0.15, 0.2) is 46.8 Å². The number of hydrogen-bond donors (Lipinski definition) is 0. The predicted octanol–water partition coefficient (Wildman–Crippen LogP) is 6.19. The standard InChI is InChI=1S/C26H30ClNO2/c1-25(2)11-18-23(20(29)13-25)22(15-5-7-16(27)8-6-15)24-19(28(18)17-9-10-17)12-26(3,4)14-21(24)30/h5-8,17,22H,9-14H2,1-4H3. The normalized spacial score (nSPS) is 26.1. The molecule has 1 aromatic carbocycles. The summed E-state index contributed by atoms with van der Waals surface area (Å²) >= 11 is 6.16. The number of carbonyl (C=O) groups is 2. The molecule has 4 aliphatic rings. The van der Waals surface area contributed by atoms with Gasteiger partial charge in [0.05, 0.1) is 0 Å². The summed E-state index contributed by atoms with van der Waals surface area (Å²) < 4.78 is 0. The summed E-state index contributed by atoms with van der Waals surface area (Å²) in [5.41, 5.74) is 5.01. The maximum absolute atomic E-state index is 13.5. The lowest BCUT2D eigenvalue weighted by Gasteiger charge is -2.49. The lowest BCUT2D eigenvalue weighted by molar-refractivity contribution is -0.119. The molecule has 3 nitrogen and oxygen atoms in total. The number of Topliss-reactive ketones (excluding diaryl/α,β-unsaturated/α-hetero) is 2. The smallest absolute Gasteiger partial charge is 0.162 e. The third-order valence-corrected chi connectivity index (χ3v) is 7.32. The first kappa shape index (κ1) is 20.1. The van der Waals surface area contributed by atoms with E-state index in [2.05, 4.69) is 32.6 Å². The van der Waals surface area contributed by atoms with Gasteiger partial charge in [-0.05, 0) is 54.2 Å². The molecular weight excluding hydrogens is 394 g/mol. The zero-order valence-corrected chi connectivity index (χ0v) is 19.1. The number of benzene rings is 1. The van der Waals surface area contributed by atoms with Crippen LogP contribution in [-0.2, 0) is 9.59 Å². The number of halogens is 1. The topological polar surface area (TPSA) is 37.4 Å². The van der Waals surface area contributed by atoms with Gasteiger partial charge in [-0.15, -0.1) is 0 Å². The molecule has 1 fully saturated rings. The van der Waals surface area contributed by atoms with Crippen molar-refractivity contribution in [1.29, 1.82) is 0 Å². The number of ketones is 2. The van der Waals surface area contributed by atoms with Crippen LogP contribution in [0.5, 0.6) is 0 Å². The van der Waals surface area contributed by atoms with E-state index in [0.717, 1.165) is 42.4 Å². The lowest BCUT2D eigenvalue weighted by Crippen LogP contribution is -2.45. The van der Waals surface area contributed by atoms with Gasteiger partial charge in [0.15, 0.2) is 11.6 Å². The van der Waals surface area contributed by atoms with Crippen molar-refractivity contribution in [2.24, 2.45) is 10.8 Å². The van der Waals surface area contributed by atoms with Gasteiger partial charge in [-0.1, -0.05) is 51.4 Å². The second-order valence-corrected chi connectivity index (χ2v) is 11.6. The molecule has 0 saturated heterocycles. The van der Waals surface area contributed by atoms with Gasteiger partial charge in [0.25, 0.3) is 0 Å². The van der Waals surface area contributed by atoms with Crippen LogP contribution in [0.1, 0.15) is 77.7 Å². The van der Waals surface area contributed by atoms with Gasteiger partial charge in [0.2, 0.25) is 0 Å². The van der Waals surface area contributed by atoms with Gasteiger partial charge in [0, 0.05) is 52.4 Å². The van der Waals surface area contributed by atoms with Gasteiger partial charge in [-0.2, -0.15) is 0 Å². The Kier molecular flexibility index (Phi) is 4.39. The van der Waals surface area contributed by atoms with E-state index in [0.29, 0.717) is 23.9 Å². The van der Waals surface area contributed by atoms with E-state index >= 15 is 0 Å². The van der Waals surface area contributed by atoms with Gasteiger partial charge < -0.3 is 4.90 Å². The van der Waals surface area contributed by atoms with Crippen LogP contribution in [-0.4, -0.2) is 22.5 Å². The highest BCUT2D eigenvalue weighted by Crippen LogP contribution is 2.56. The second kappa shape index (κ2) is 6.56. The summed E-state index contributed by atoms with van der Waals surface area (Å²) in [6.07, 6.45) is 5.14. The summed E-state index contributed by atoms with van der Waals surface area (Å²) in [6.45, 7) is 8.77. The summed E-state index contributed by atoms with van der Waals surface area (Å²) in [6, 6.07) is 8.18. The van der Waals surface area contributed by atoms with Gasteiger partial charge in [-0.25, -0.2) is 0 Å². The van der Waals surface area contributed by atoms with E-state index in [-0.39, 0.29) is 28.3 Å². The molecule has 0 aromatic heterocycles. The van der Waals surface area contributed by atoms with E-state index in [1.165, 1.54) is 11.4 Å². The SMILES string of the molecule is CC1(C)CC(=O)C2=C(C1)N(C1CC1)C1=C(C(=O)CC(C)(C)C1)C2c1ccc(Cl)cc1. The first-order valence-electron chi connectivity index (χ1n) is 11.1. The molecule has 5 rings (SSSR count). The molecular formula is C26H30ClNO2. The third kappa shape index (κ3) is 3.26. The van der Waals surface area contributed by atoms with Crippen molar-refractivity contribution in [1.82, 2.24) is 4.90 Å². The molecule has 0 spiro atoms. The summed E-state index contributed by atoms with van der Waals surface area (Å²) in [5.74, 6) is 0.154. The van der Waals surface area contributed by atoms with E-state index in [1.807, 2.05) is 24.3 Å². The van der Waals surface area contributed by atoms with Crippen LogP contribution < -0.4 is 0 Å². The van der Waals surface area contributed by atoms with Crippen molar-refractivity contribution in [3.05, 3.63) is 57.4 Å². The van der Waals surface area contributed by atoms with Crippen LogP contribution in [0.25, 0.3) is 0 Å². The average Bonchev–Trinajstić information content (AvgIpc) is 3.43. The molecule has 1 heterocycles. The van der Waals surface area contributed by atoms with Crippen molar-refractivity contribution in [3.63, 3.8) is 0 Å². The maximum Gasteiger partial charge on any atom is 0.162 e. The van der Waals surface area contributed by atoms with E-state index in [4.69, 9.17) is 11.6 Å². The number of hydrogen-bond acceptors (Lipinski definition) is 3. The maximum atomic E-state index is 13.5. The minimum Gasteiger partial charge on any atom is -0.345 e. The molecule has 0 unspecified atom stereocenters. The molecule has 0 atom stereocenters. The Morgan fingerprint density at radius 2 is 1.27 bits per heavy atom. The zero-order valence-electron chi connectivity index (χ0n) is 18.3. The number of nitrogens with zero attached hydrogens (tertiary/aromatic N) is 1. The fourth-order valence-electron chi connectivity index (χ4n) is 5.76. The lowest BCUT2D eigenvalue weighted by atomic mass is 9.63. The van der Waals surface area contributed by atoms with E-state index in [9.17, 15) is 9.59 Å². The van der Waals surface area contributed by atoms with Crippen LogP contribution in [0, 0.1) is 10.8 Å². The van der Waals surface area contributed by atoms with Gasteiger partial charge in [0.1, 0.15) is 0 Å². The molecule has 1 aromatic rings. The Labute approximate surface area is 184 Å². The fraction of sp³-hybridized carbons (Fsp3) is 0.538. The molecule has 0 bridgehead atoms. The monoisotopic (exact) mass is 423 g/mol. The van der Waals surface area contributed by atoms with Crippen molar-refractivity contribution in [3.8, 4) is 0 Å². The first-order valence-corrected chi connectivity index (χ1v) is 11.5. The van der Waals surface area contributed by atoms with Gasteiger partial charge >= 0.3 is 0 Å². The molecule has 0 amide bonds. The highest BCUT2D eigenvalue weighted by molar-refractivity contribution is 6.30. The predicted molar refractivity (Wildman–Crippen MR) is 119 cm³/mol. The zero-order chi connectivity index (χ0) is 21.4. The minimum absolute atomic E-state index is 0.0557. The Bertz CT molecular complexity index is 954. The summed E-state index contributed by atoms with van der Waals surface area (Å²) in [7, 11) is 0. The van der Waals surface area contributed by atoms with Crippen LogP contribution in [0.4, 0.5) is 0 Å². The number of carbonyl (C=O) groups excluding carboxylic acids is 2. The third-order valence-electron chi connectivity index (χ3n) is 7.07. The van der Waals surface area contributed by atoms with E-state index in [1.54, 1.807) is 0 Å². The van der Waals surface area contributed by atoms with Crippen LogP contribution >= 0.6 is 11.6 Å².